The monoisotopic (exact) mass is 452 g/mol. The lowest BCUT2D eigenvalue weighted by Crippen LogP contribution is -2.20. The van der Waals surface area contributed by atoms with Crippen molar-refractivity contribution in [3.63, 3.8) is 0 Å². The average Bonchev–Trinajstić information content (AvgIpc) is 3.09. The normalized spacial score (nSPS) is 10.5. The Morgan fingerprint density at radius 3 is 2.39 bits per heavy atom. The molecule has 0 bridgehead atoms. The SMILES string of the molecule is CCCCc1ccc(NC(=S)Nc2sc(C)c(-c3ccccc3)c2C(=O)OCC)cc1. The number of hydrogen-bond donors (Lipinski definition) is 2. The van der Waals surface area contributed by atoms with Crippen molar-refractivity contribution in [2.45, 2.75) is 40.0 Å². The van der Waals surface area contributed by atoms with Crippen molar-refractivity contribution >= 4 is 45.3 Å². The maximum atomic E-state index is 12.8. The molecule has 0 atom stereocenters. The number of rotatable bonds is 8. The van der Waals surface area contributed by atoms with Crippen LogP contribution in [0.4, 0.5) is 10.7 Å². The largest absolute Gasteiger partial charge is 0.462 e. The van der Waals surface area contributed by atoms with Gasteiger partial charge in [-0.15, -0.1) is 11.3 Å². The topological polar surface area (TPSA) is 50.4 Å². The molecule has 0 fully saturated rings. The maximum Gasteiger partial charge on any atom is 0.341 e. The van der Waals surface area contributed by atoms with Crippen molar-refractivity contribution < 1.29 is 9.53 Å². The van der Waals surface area contributed by atoms with Crippen LogP contribution in [-0.4, -0.2) is 17.7 Å². The van der Waals surface area contributed by atoms with Crippen molar-refractivity contribution in [1.82, 2.24) is 0 Å². The van der Waals surface area contributed by atoms with E-state index in [0.29, 0.717) is 22.3 Å². The number of anilines is 2. The minimum absolute atomic E-state index is 0.314. The van der Waals surface area contributed by atoms with Crippen LogP contribution in [-0.2, 0) is 11.2 Å². The first-order chi connectivity index (χ1) is 15.0. The van der Waals surface area contributed by atoms with Crippen LogP contribution in [0.25, 0.3) is 11.1 Å². The number of aryl methyl sites for hydroxylation is 2. The predicted octanol–water partition coefficient (Wildman–Crippen LogP) is 7.05. The van der Waals surface area contributed by atoms with Gasteiger partial charge in [-0.2, -0.15) is 0 Å². The number of thiocarbonyl (C=S) groups is 1. The Labute approximate surface area is 193 Å². The van der Waals surface area contributed by atoms with Crippen LogP contribution in [0.3, 0.4) is 0 Å². The van der Waals surface area contributed by atoms with Crippen molar-refractivity contribution in [2.75, 3.05) is 17.2 Å². The van der Waals surface area contributed by atoms with E-state index >= 15 is 0 Å². The second-order valence-corrected chi connectivity index (χ2v) is 8.84. The molecule has 1 heterocycles. The molecule has 0 aliphatic heterocycles. The predicted molar refractivity (Wildman–Crippen MR) is 135 cm³/mol. The Hall–Kier alpha value is -2.70. The first kappa shape index (κ1) is 23.0. The third kappa shape index (κ3) is 5.93. The van der Waals surface area contributed by atoms with Crippen LogP contribution in [0.2, 0.25) is 0 Å². The summed E-state index contributed by atoms with van der Waals surface area (Å²) < 4.78 is 5.35. The highest BCUT2D eigenvalue weighted by Crippen LogP contribution is 2.40. The summed E-state index contributed by atoms with van der Waals surface area (Å²) >= 11 is 7.03. The minimum atomic E-state index is -0.351. The fraction of sp³-hybridized carbons (Fsp3) is 0.280. The quantitative estimate of drug-likeness (QED) is 0.283. The Morgan fingerprint density at radius 1 is 1.03 bits per heavy atom. The Bertz CT molecular complexity index is 1030. The van der Waals surface area contributed by atoms with E-state index in [1.54, 1.807) is 0 Å². The minimum Gasteiger partial charge on any atom is -0.462 e. The van der Waals surface area contributed by atoms with Crippen LogP contribution >= 0.6 is 23.6 Å². The van der Waals surface area contributed by atoms with Gasteiger partial charge in [0.25, 0.3) is 0 Å². The zero-order valence-electron chi connectivity index (χ0n) is 18.2. The second kappa shape index (κ2) is 11.1. The first-order valence-corrected chi connectivity index (χ1v) is 11.8. The Morgan fingerprint density at radius 2 is 1.74 bits per heavy atom. The van der Waals surface area contributed by atoms with Gasteiger partial charge in [-0.3, -0.25) is 0 Å². The second-order valence-electron chi connectivity index (χ2n) is 7.20. The smallest absolute Gasteiger partial charge is 0.341 e. The summed E-state index contributed by atoms with van der Waals surface area (Å²) in [6.45, 7) is 6.32. The highest BCUT2D eigenvalue weighted by atomic mass is 32.1. The molecular formula is C25H28N2O2S2. The molecule has 3 rings (SSSR count). The fourth-order valence-corrected chi connectivity index (χ4v) is 4.74. The zero-order chi connectivity index (χ0) is 22.2. The molecule has 0 saturated heterocycles. The molecule has 0 saturated carbocycles. The molecule has 4 nitrogen and oxygen atoms in total. The lowest BCUT2D eigenvalue weighted by molar-refractivity contribution is 0.0529. The lowest BCUT2D eigenvalue weighted by atomic mass is 10.0. The highest BCUT2D eigenvalue weighted by Gasteiger charge is 2.24. The number of unbranched alkanes of at least 4 members (excludes halogenated alkanes) is 1. The van der Waals surface area contributed by atoms with Crippen LogP contribution in [0.1, 0.15) is 47.5 Å². The van der Waals surface area contributed by atoms with Crippen molar-refractivity contribution in [2.24, 2.45) is 0 Å². The molecule has 3 aromatic rings. The van der Waals surface area contributed by atoms with Gasteiger partial charge in [0.2, 0.25) is 0 Å². The summed E-state index contributed by atoms with van der Waals surface area (Å²) in [5, 5.41) is 7.56. The van der Waals surface area contributed by atoms with Gasteiger partial charge in [0.05, 0.1) is 6.61 Å². The van der Waals surface area contributed by atoms with E-state index in [2.05, 4.69) is 29.7 Å². The number of carbonyl (C=O) groups is 1. The van der Waals surface area contributed by atoms with E-state index in [4.69, 9.17) is 17.0 Å². The fourth-order valence-electron chi connectivity index (χ4n) is 3.38. The number of ether oxygens (including phenoxy) is 1. The van der Waals surface area contributed by atoms with Gasteiger partial charge in [0, 0.05) is 16.1 Å². The molecule has 162 valence electrons. The van der Waals surface area contributed by atoms with Crippen LogP contribution < -0.4 is 10.6 Å². The van der Waals surface area contributed by atoms with E-state index in [0.717, 1.165) is 28.1 Å². The number of esters is 1. The average molecular weight is 453 g/mol. The molecule has 0 spiro atoms. The van der Waals surface area contributed by atoms with Gasteiger partial charge >= 0.3 is 5.97 Å². The zero-order valence-corrected chi connectivity index (χ0v) is 19.8. The lowest BCUT2D eigenvalue weighted by Gasteiger charge is -2.12. The van der Waals surface area contributed by atoms with Gasteiger partial charge in [-0.1, -0.05) is 55.8 Å². The summed E-state index contributed by atoms with van der Waals surface area (Å²) in [7, 11) is 0. The number of benzene rings is 2. The molecule has 2 aromatic carbocycles. The summed E-state index contributed by atoms with van der Waals surface area (Å²) in [5.74, 6) is -0.351. The van der Waals surface area contributed by atoms with E-state index in [9.17, 15) is 4.79 Å². The van der Waals surface area contributed by atoms with Crippen LogP contribution in [0, 0.1) is 6.92 Å². The number of nitrogens with one attached hydrogen (secondary N) is 2. The van der Waals surface area contributed by atoms with Crippen LogP contribution in [0.15, 0.2) is 54.6 Å². The van der Waals surface area contributed by atoms with Crippen molar-refractivity contribution in [1.29, 1.82) is 0 Å². The molecule has 0 aliphatic carbocycles. The molecule has 0 unspecified atom stereocenters. The van der Waals surface area contributed by atoms with Crippen LogP contribution in [0.5, 0.6) is 0 Å². The third-order valence-corrected chi connectivity index (χ3v) is 6.11. The van der Waals surface area contributed by atoms with Gasteiger partial charge < -0.3 is 15.4 Å². The molecule has 2 N–H and O–H groups in total. The molecule has 1 aromatic heterocycles. The number of hydrogen-bond acceptors (Lipinski definition) is 4. The van der Waals surface area contributed by atoms with Crippen molar-refractivity contribution in [3.05, 3.63) is 70.6 Å². The standard InChI is InChI=1S/C25H28N2O2S2/c1-4-6-10-18-13-15-20(16-14-18)26-25(30)27-23-22(24(28)29-5-2)21(17(3)31-23)19-11-8-7-9-12-19/h7-9,11-16H,4-6,10H2,1-3H3,(H2,26,27,30). The van der Waals surface area contributed by atoms with Crippen molar-refractivity contribution in [3.8, 4) is 11.1 Å². The Kier molecular flexibility index (Phi) is 8.20. The summed E-state index contributed by atoms with van der Waals surface area (Å²) in [4.78, 5) is 13.8. The van der Waals surface area contributed by atoms with E-state index in [1.165, 1.54) is 29.7 Å². The van der Waals surface area contributed by atoms with Gasteiger partial charge in [-0.25, -0.2) is 4.79 Å². The summed E-state index contributed by atoms with van der Waals surface area (Å²) in [5.41, 5.74) is 4.61. The number of thiophene rings is 1. The maximum absolute atomic E-state index is 12.8. The third-order valence-electron chi connectivity index (χ3n) is 4.88. The van der Waals surface area contributed by atoms with Gasteiger partial charge in [0.1, 0.15) is 10.6 Å². The van der Waals surface area contributed by atoms with E-state index < -0.39 is 0 Å². The van der Waals surface area contributed by atoms with Gasteiger partial charge in [0.15, 0.2) is 5.11 Å². The highest BCUT2D eigenvalue weighted by molar-refractivity contribution is 7.80. The van der Waals surface area contributed by atoms with Gasteiger partial charge in [-0.05, 0) is 62.2 Å². The van der Waals surface area contributed by atoms with E-state index in [1.807, 2.05) is 56.3 Å². The molecule has 0 aliphatic rings. The summed E-state index contributed by atoms with van der Waals surface area (Å²) in [6, 6.07) is 18.2. The molecular weight excluding hydrogens is 424 g/mol. The summed E-state index contributed by atoms with van der Waals surface area (Å²) in [6.07, 6.45) is 3.45. The number of carbonyl (C=O) groups excluding carboxylic acids is 1. The first-order valence-electron chi connectivity index (χ1n) is 10.6. The molecule has 6 heteroatoms. The Balaban J connectivity index is 1.82. The molecule has 31 heavy (non-hydrogen) atoms. The molecule has 0 radical (unpaired) electrons. The molecule has 0 amide bonds. The van der Waals surface area contributed by atoms with E-state index in [-0.39, 0.29) is 5.97 Å².